The Balaban J connectivity index is 2.23. The van der Waals surface area contributed by atoms with Crippen molar-refractivity contribution in [2.24, 2.45) is 0 Å². The number of aryl methyl sites for hydroxylation is 1. The van der Waals surface area contributed by atoms with Gasteiger partial charge in [0, 0.05) is 17.6 Å². The first-order valence-corrected chi connectivity index (χ1v) is 7.24. The van der Waals surface area contributed by atoms with Crippen molar-refractivity contribution in [3.63, 3.8) is 0 Å². The molecule has 2 aromatic heterocycles. The number of rotatable bonds is 5. The minimum Gasteiger partial charge on any atom is -0.481 e. The van der Waals surface area contributed by atoms with Crippen LogP contribution in [-0.2, 0) is 11.3 Å². The highest BCUT2D eigenvalue weighted by Gasteiger charge is 2.08. The van der Waals surface area contributed by atoms with Gasteiger partial charge in [0.1, 0.15) is 0 Å². The second-order valence-electron chi connectivity index (χ2n) is 3.72. The molecule has 0 radical (unpaired) electrons. The summed E-state index contributed by atoms with van der Waals surface area (Å²) < 4.78 is 1.73. The van der Waals surface area contributed by atoms with Crippen molar-refractivity contribution in [2.75, 3.05) is 5.75 Å². The third kappa shape index (κ3) is 3.90. The van der Waals surface area contributed by atoms with Gasteiger partial charge in [-0.25, -0.2) is 4.98 Å². The third-order valence-corrected chi connectivity index (χ3v) is 3.97. The van der Waals surface area contributed by atoms with E-state index in [-0.39, 0.29) is 11.3 Å². The number of aliphatic carboxylic acids is 1. The molecule has 0 saturated heterocycles. The van der Waals surface area contributed by atoms with E-state index < -0.39 is 5.97 Å². The summed E-state index contributed by atoms with van der Waals surface area (Å²) in [7, 11) is 0. The number of thiazole rings is 1. The molecule has 100 valence electrons. The molecule has 0 unspecified atom stereocenters. The van der Waals surface area contributed by atoms with Gasteiger partial charge < -0.3 is 9.67 Å². The van der Waals surface area contributed by atoms with Crippen LogP contribution in [0.4, 0.5) is 0 Å². The molecule has 0 aliphatic carbocycles. The van der Waals surface area contributed by atoms with Crippen molar-refractivity contribution < 1.29 is 9.90 Å². The van der Waals surface area contributed by atoms with Crippen LogP contribution in [0.3, 0.4) is 0 Å². The minimum absolute atomic E-state index is 0.132. The van der Waals surface area contributed by atoms with Gasteiger partial charge in [-0.3, -0.25) is 9.59 Å². The summed E-state index contributed by atoms with van der Waals surface area (Å²) in [5, 5.41) is 12.0. The van der Waals surface area contributed by atoms with Gasteiger partial charge in [-0.15, -0.1) is 11.3 Å². The molecule has 2 rings (SSSR count). The number of hydrogen-bond acceptors (Lipinski definition) is 6. The summed E-state index contributed by atoms with van der Waals surface area (Å²) in [6.07, 6.45) is 1.61. The van der Waals surface area contributed by atoms with E-state index in [4.69, 9.17) is 5.11 Å². The van der Waals surface area contributed by atoms with Gasteiger partial charge in [-0.05, 0) is 6.92 Å². The standard InChI is InChI=1S/C11H11N3O3S2/c1-7-12-8(5-18-7)4-14-3-2-9(15)13-11(14)19-6-10(16)17/h2-3,5H,4,6H2,1H3,(H,16,17). The Morgan fingerprint density at radius 3 is 2.95 bits per heavy atom. The molecule has 0 spiro atoms. The van der Waals surface area contributed by atoms with E-state index in [1.165, 1.54) is 6.07 Å². The molecule has 2 heterocycles. The molecule has 19 heavy (non-hydrogen) atoms. The number of hydrogen-bond donors (Lipinski definition) is 1. The fraction of sp³-hybridized carbons (Fsp3) is 0.273. The molecule has 0 aliphatic rings. The molecule has 2 aromatic rings. The lowest BCUT2D eigenvalue weighted by molar-refractivity contribution is -0.133. The van der Waals surface area contributed by atoms with Crippen LogP contribution < -0.4 is 5.56 Å². The summed E-state index contributed by atoms with van der Waals surface area (Å²) in [6, 6.07) is 1.35. The maximum Gasteiger partial charge on any atom is 0.313 e. The first-order chi connectivity index (χ1) is 9.04. The zero-order valence-electron chi connectivity index (χ0n) is 10.1. The molecule has 0 aliphatic heterocycles. The Morgan fingerprint density at radius 1 is 1.53 bits per heavy atom. The van der Waals surface area contributed by atoms with E-state index in [1.807, 2.05) is 12.3 Å². The molecule has 0 bridgehead atoms. The van der Waals surface area contributed by atoms with E-state index in [0.717, 1.165) is 22.5 Å². The van der Waals surface area contributed by atoms with E-state index in [9.17, 15) is 9.59 Å². The zero-order chi connectivity index (χ0) is 13.8. The number of carboxylic acids is 1. The van der Waals surface area contributed by atoms with E-state index >= 15 is 0 Å². The SMILES string of the molecule is Cc1nc(Cn2ccc(=O)nc2SCC(=O)O)cs1. The van der Waals surface area contributed by atoms with Gasteiger partial charge in [0.05, 0.1) is 23.0 Å². The topological polar surface area (TPSA) is 85.1 Å². The molecule has 0 aromatic carbocycles. The smallest absolute Gasteiger partial charge is 0.313 e. The van der Waals surface area contributed by atoms with Gasteiger partial charge in [-0.2, -0.15) is 4.98 Å². The summed E-state index contributed by atoms with van der Waals surface area (Å²) >= 11 is 2.57. The first kappa shape index (κ1) is 13.8. The fourth-order valence-corrected chi connectivity index (χ4v) is 2.73. The van der Waals surface area contributed by atoms with Crippen molar-refractivity contribution >= 4 is 29.1 Å². The van der Waals surface area contributed by atoms with Gasteiger partial charge >= 0.3 is 5.97 Å². The van der Waals surface area contributed by atoms with E-state index in [1.54, 1.807) is 22.1 Å². The number of nitrogens with zero attached hydrogens (tertiary/aromatic N) is 3. The van der Waals surface area contributed by atoms with Crippen molar-refractivity contribution in [3.8, 4) is 0 Å². The second-order valence-corrected chi connectivity index (χ2v) is 5.72. The lowest BCUT2D eigenvalue weighted by atomic mass is 10.4. The van der Waals surface area contributed by atoms with Crippen LogP contribution in [0.5, 0.6) is 0 Å². The van der Waals surface area contributed by atoms with Crippen molar-refractivity contribution in [2.45, 2.75) is 18.6 Å². The maximum atomic E-state index is 11.2. The van der Waals surface area contributed by atoms with Crippen LogP contribution in [0, 0.1) is 6.92 Å². The van der Waals surface area contributed by atoms with Crippen LogP contribution >= 0.6 is 23.1 Å². The summed E-state index contributed by atoms with van der Waals surface area (Å²) in [5.41, 5.74) is 0.490. The van der Waals surface area contributed by atoms with Gasteiger partial charge in [-0.1, -0.05) is 11.8 Å². The highest BCUT2D eigenvalue weighted by atomic mass is 32.2. The van der Waals surface area contributed by atoms with Crippen molar-refractivity contribution in [1.82, 2.24) is 14.5 Å². The lowest BCUT2D eigenvalue weighted by Crippen LogP contribution is -2.15. The molecular formula is C11H11N3O3S2. The predicted octanol–water partition coefficient (Wildman–Crippen LogP) is 1.23. The summed E-state index contributed by atoms with van der Waals surface area (Å²) in [6.45, 7) is 2.39. The number of thioether (sulfide) groups is 1. The first-order valence-electron chi connectivity index (χ1n) is 5.37. The molecule has 0 amide bonds. The quantitative estimate of drug-likeness (QED) is 0.660. The van der Waals surface area contributed by atoms with Crippen molar-refractivity contribution in [3.05, 3.63) is 38.7 Å². The molecule has 6 nitrogen and oxygen atoms in total. The van der Waals surface area contributed by atoms with Crippen LogP contribution in [0.1, 0.15) is 10.7 Å². The average molecular weight is 297 g/mol. The Kier molecular flexibility index (Phi) is 4.33. The van der Waals surface area contributed by atoms with Gasteiger partial charge in [0.2, 0.25) is 0 Å². The highest BCUT2D eigenvalue weighted by Crippen LogP contribution is 2.16. The van der Waals surface area contributed by atoms with Crippen LogP contribution in [0.2, 0.25) is 0 Å². The highest BCUT2D eigenvalue weighted by molar-refractivity contribution is 7.99. The monoisotopic (exact) mass is 297 g/mol. The largest absolute Gasteiger partial charge is 0.481 e. The van der Waals surface area contributed by atoms with E-state index in [0.29, 0.717) is 11.7 Å². The fourth-order valence-electron chi connectivity index (χ4n) is 1.43. The number of carbonyl (C=O) groups is 1. The van der Waals surface area contributed by atoms with Crippen LogP contribution in [0.15, 0.2) is 27.6 Å². The Labute approximate surface area is 117 Å². The lowest BCUT2D eigenvalue weighted by Gasteiger charge is -2.09. The average Bonchev–Trinajstić information content (AvgIpc) is 2.75. The third-order valence-electron chi connectivity index (χ3n) is 2.17. The number of carboxylic acid groups (broad SMARTS) is 1. The summed E-state index contributed by atoms with van der Waals surface area (Å²) in [5.74, 6) is -1.08. The molecular weight excluding hydrogens is 286 g/mol. The van der Waals surface area contributed by atoms with Gasteiger partial charge in [0.15, 0.2) is 5.16 Å². The Morgan fingerprint density at radius 2 is 2.32 bits per heavy atom. The Bertz CT molecular complexity index is 651. The Hall–Kier alpha value is -1.67. The predicted molar refractivity (Wildman–Crippen MR) is 72.8 cm³/mol. The van der Waals surface area contributed by atoms with Crippen LogP contribution in [-0.4, -0.2) is 31.4 Å². The van der Waals surface area contributed by atoms with Gasteiger partial charge in [0.25, 0.3) is 5.56 Å². The molecule has 0 fully saturated rings. The summed E-state index contributed by atoms with van der Waals surface area (Å²) in [4.78, 5) is 30.0. The normalized spacial score (nSPS) is 10.6. The molecule has 8 heteroatoms. The maximum absolute atomic E-state index is 11.2. The van der Waals surface area contributed by atoms with E-state index in [2.05, 4.69) is 9.97 Å². The van der Waals surface area contributed by atoms with Crippen molar-refractivity contribution in [1.29, 1.82) is 0 Å². The number of aromatic nitrogens is 3. The second kappa shape index (κ2) is 5.98. The molecule has 0 atom stereocenters. The minimum atomic E-state index is -0.945. The van der Waals surface area contributed by atoms with Crippen LogP contribution in [0.25, 0.3) is 0 Å². The molecule has 0 saturated carbocycles. The zero-order valence-corrected chi connectivity index (χ0v) is 11.7. The molecule has 1 N–H and O–H groups in total.